The van der Waals surface area contributed by atoms with Gasteiger partial charge in [-0.3, -0.25) is 4.90 Å². The minimum Gasteiger partial charge on any atom is -0.322 e. The SMILES string of the molecule is CN(C)C1CCN(CC(N)c2cccs2)C1. The standard InChI is InChI=1S/C12H21N3S/c1-14(2)10-5-6-15(8-10)9-11(13)12-4-3-7-16-12/h3-4,7,10-11H,5-6,8-9,13H2,1-2H3. The van der Waals surface area contributed by atoms with Crippen LogP contribution >= 0.6 is 11.3 Å². The summed E-state index contributed by atoms with van der Waals surface area (Å²) in [5, 5.41) is 2.10. The van der Waals surface area contributed by atoms with Crippen LogP contribution in [0, 0.1) is 0 Å². The van der Waals surface area contributed by atoms with E-state index in [2.05, 4.69) is 41.4 Å². The summed E-state index contributed by atoms with van der Waals surface area (Å²) >= 11 is 1.76. The Hall–Kier alpha value is -0.420. The second kappa shape index (κ2) is 5.27. The van der Waals surface area contributed by atoms with E-state index < -0.39 is 0 Å². The Morgan fingerprint density at radius 1 is 1.62 bits per heavy atom. The number of likely N-dealkylation sites (tertiary alicyclic amines) is 1. The highest BCUT2D eigenvalue weighted by molar-refractivity contribution is 7.10. The number of nitrogens with two attached hydrogens (primary N) is 1. The Balaban J connectivity index is 1.83. The third-order valence-corrected chi connectivity index (χ3v) is 4.35. The molecule has 0 aromatic carbocycles. The maximum atomic E-state index is 6.20. The number of hydrogen-bond acceptors (Lipinski definition) is 4. The Labute approximate surface area is 102 Å². The van der Waals surface area contributed by atoms with E-state index in [1.165, 1.54) is 17.8 Å². The van der Waals surface area contributed by atoms with Gasteiger partial charge in [-0.05, 0) is 38.5 Å². The maximum absolute atomic E-state index is 6.20. The molecule has 2 heterocycles. The average Bonchev–Trinajstić information content (AvgIpc) is 2.87. The van der Waals surface area contributed by atoms with Crippen LogP contribution in [0.15, 0.2) is 17.5 Å². The first-order valence-corrected chi connectivity index (χ1v) is 6.72. The average molecular weight is 239 g/mol. The molecule has 0 spiro atoms. The minimum atomic E-state index is 0.181. The van der Waals surface area contributed by atoms with Gasteiger partial charge in [-0.15, -0.1) is 11.3 Å². The van der Waals surface area contributed by atoms with Crippen LogP contribution in [0.3, 0.4) is 0 Å². The van der Waals surface area contributed by atoms with Crippen molar-refractivity contribution in [2.75, 3.05) is 33.7 Å². The monoisotopic (exact) mass is 239 g/mol. The molecule has 0 bridgehead atoms. The van der Waals surface area contributed by atoms with Crippen LogP contribution < -0.4 is 5.73 Å². The fourth-order valence-corrected chi connectivity index (χ4v) is 2.99. The lowest BCUT2D eigenvalue weighted by atomic mass is 10.2. The van der Waals surface area contributed by atoms with E-state index in [-0.39, 0.29) is 6.04 Å². The summed E-state index contributed by atoms with van der Waals surface area (Å²) in [5.74, 6) is 0. The quantitative estimate of drug-likeness (QED) is 0.861. The summed E-state index contributed by atoms with van der Waals surface area (Å²) in [6.45, 7) is 3.33. The lowest BCUT2D eigenvalue weighted by molar-refractivity contribution is 0.261. The van der Waals surface area contributed by atoms with Gasteiger partial charge in [0.05, 0.1) is 6.04 Å². The van der Waals surface area contributed by atoms with Crippen molar-refractivity contribution in [2.45, 2.75) is 18.5 Å². The predicted molar refractivity (Wildman–Crippen MR) is 69.8 cm³/mol. The van der Waals surface area contributed by atoms with Crippen LogP contribution in [0.1, 0.15) is 17.3 Å². The van der Waals surface area contributed by atoms with Crippen molar-refractivity contribution < 1.29 is 0 Å². The summed E-state index contributed by atoms with van der Waals surface area (Å²) in [4.78, 5) is 6.10. The van der Waals surface area contributed by atoms with E-state index in [0.29, 0.717) is 6.04 Å². The molecular formula is C12H21N3S. The van der Waals surface area contributed by atoms with Crippen LogP contribution in [0.4, 0.5) is 0 Å². The number of likely N-dealkylation sites (N-methyl/N-ethyl adjacent to an activating group) is 1. The highest BCUT2D eigenvalue weighted by Gasteiger charge is 2.25. The highest BCUT2D eigenvalue weighted by Crippen LogP contribution is 2.20. The molecule has 2 unspecified atom stereocenters. The van der Waals surface area contributed by atoms with E-state index in [1.54, 1.807) is 11.3 Å². The molecule has 2 atom stereocenters. The van der Waals surface area contributed by atoms with Crippen molar-refractivity contribution in [3.63, 3.8) is 0 Å². The van der Waals surface area contributed by atoms with Gasteiger partial charge in [0.1, 0.15) is 0 Å². The number of nitrogens with zero attached hydrogens (tertiary/aromatic N) is 2. The van der Waals surface area contributed by atoms with Crippen molar-refractivity contribution >= 4 is 11.3 Å². The van der Waals surface area contributed by atoms with Gasteiger partial charge >= 0.3 is 0 Å². The van der Waals surface area contributed by atoms with Crippen molar-refractivity contribution in [1.29, 1.82) is 0 Å². The lowest BCUT2D eigenvalue weighted by Gasteiger charge is -2.22. The van der Waals surface area contributed by atoms with Crippen LogP contribution in [-0.2, 0) is 0 Å². The third kappa shape index (κ3) is 2.83. The summed E-state index contributed by atoms with van der Waals surface area (Å²) in [6.07, 6.45) is 1.27. The molecule has 0 amide bonds. The molecule has 0 saturated carbocycles. The second-order valence-corrected chi connectivity index (χ2v) is 5.77. The molecule has 3 nitrogen and oxygen atoms in total. The van der Waals surface area contributed by atoms with E-state index in [4.69, 9.17) is 5.73 Å². The van der Waals surface area contributed by atoms with Gasteiger partial charge in [0, 0.05) is 24.0 Å². The molecule has 4 heteroatoms. The Bertz CT molecular complexity index is 310. The fourth-order valence-electron chi connectivity index (χ4n) is 2.27. The van der Waals surface area contributed by atoms with E-state index in [0.717, 1.165) is 13.1 Å². The van der Waals surface area contributed by atoms with Crippen LogP contribution in [-0.4, -0.2) is 49.6 Å². The van der Waals surface area contributed by atoms with Crippen LogP contribution in [0.5, 0.6) is 0 Å². The molecule has 90 valence electrons. The topological polar surface area (TPSA) is 32.5 Å². The van der Waals surface area contributed by atoms with Gasteiger partial charge in [-0.1, -0.05) is 6.07 Å². The predicted octanol–water partition coefficient (Wildman–Crippen LogP) is 1.38. The Morgan fingerprint density at radius 3 is 3.00 bits per heavy atom. The van der Waals surface area contributed by atoms with Crippen molar-refractivity contribution in [3.8, 4) is 0 Å². The molecule has 1 aliphatic heterocycles. The van der Waals surface area contributed by atoms with Gasteiger partial charge in [0.25, 0.3) is 0 Å². The first-order chi connectivity index (χ1) is 7.66. The molecule has 2 rings (SSSR count). The van der Waals surface area contributed by atoms with Gasteiger partial charge in [0.2, 0.25) is 0 Å². The summed E-state index contributed by atoms with van der Waals surface area (Å²) < 4.78 is 0. The van der Waals surface area contributed by atoms with Gasteiger partial charge in [-0.2, -0.15) is 0 Å². The van der Waals surface area contributed by atoms with Crippen LogP contribution in [0.25, 0.3) is 0 Å². The zero-order valence-corrected chi connectivity index (χ0v) is 10.9. The molecule has 1 aromatic rings. The second-order valence-electron chi connectivity index (χ2n) is 4.79. The van der Waals surface area contributed by atoms with Crippen LogP contribution in [0.2, 0.25) is 0 Å². The molecule has 1 fully saturated rings. The Kier molecular flexibility index (Phi) is 3.97. The van der Waals surface area contributed by atoms with Crippen molar-refractivity contribution in [2.24, 2.45) is 5.73 Å². The number of hydrogen-bond donors (Lipinski definition) is 1. The smallest absolute Gasteiger partial charge is 0.0519 e. The van der Waals surface area contributed by atoms with E-state index in [1.807, 2.05) is 0 Å². The summed E-state index contributed by atoms with van der Waals surface area (Å²) in [7, 11) is 4.32. The zero-order valence-electron chi connectivity index (χ0n) is 10.1. The van der Waals surface area contributed by atoms with Gasteiger partial charge in [-0.25, -0.2) is 0 Å². The molecule has 0 radical (unpaired) electrons. The van der Waals surface area contributed by atoms with Crippen molar-refractivity contribution in [3.05, 3.63) is 22.4 Å². The zero-order chi connectivity index (χ0) is 11.5. The number of thiophene rings is 1. The molecule has 1 saturated heterocycles. The van der Waals surface area contributed by atoms with Gasteiger partial charge < -0.3 is 10.6 Å². The lowest BCUT2D eigenvalue weighted by Crippen LogP contribution is -2.34. The summed E-state index contributed by atoms with van der Waals surface area (Å²) in [6, 6.07) is 5.10. The van der Waals surface area contributed by atoms with Crippen molar-refractivity contribution in [1.82, 2.24) is 9.80 Å². The first-order valence-electron chi connectivity index (χ1n) is 5.84. The highest BCUT2D eigenvalue weighted by atomic mass is 32.1. The third-order valence-electron chi connectivity index (χ3n) is 3.34. The normalized spacial score (nSPS) is 24.1. The maximum Gasteiger partial charge on any atom is 0.0519 e. The Morgan fingerprint density at radius 2 is 2.44 bits per heavy atom. The molecular weight excluding hydrogens is 218 g/mol. The molecule has 16 heavy (non-hydrogen) atoms. The summed E-state index contributed by atoms with van der Waals surface area (Å²) in [5.41, 5.74) is 6.20. The molecule has 1 aliphatic rings. The molecule has 2 N–H and O–H groups in total. The molecule has 0 aliphatic carbocycles. The van der Waals surface area contributed by atoms with E-state index in [9.17, 15) is 0 Å². The minimum absolute atomic E-state index is 0.181. The molecule has 1 aromatic heterocycles. The number of rotatable bonds is 4. The largest absolute Gasteiger partial charge is 0.322 e. The first kappa shape index (κ1) is 12.0. The fraction of sp³-hybridized carbons (Fsp3) is 0.667. The van der Waals surface area contributed by atoms with E-state index >= 15 is 0 Å². The van der Waals surface area contributed by atoms with Gasteiger partial charge in [0.15, 0.2) is 0 Å².